The summed E-state index contributed by atoms with van der Waals surface area (Å²) >= 11 is 5.91. The number of aromatic amines is 1. The number of phenolic OH excluding ortho intramolecular Hbond substituents is 3. The van der Waals surface area contributed by atoms with Gasteiger partial charge in [-0.25, -0.2) is 10.4 Å². The first kappa shape index (κ1) is 29.6. The van der Waals surface area contributed by atoms with Crippen molar-refractivity contribution in [3.63, 3.8) is 0 Å². The molecule has 0 fully saturated rings. The van der Waals surface area contributed by atoms with Crippen LogP contribution in [0.3, 0.4) is 0 Å². The van der Waals surface area contributed by atoms with Crippen molar-refractivity contribution >= 4 is 57.6 Å². The van der Waals surface area contributed by atoms with Crippen LogP contribution in [0.4, 0.5) is 0 Å². The third-order valence-electron chi connectivity index (χ3n) is 8.63. The van der Waals surface area contributed by atoms with Crippen molar-refractivity contribution in [2.24, 2.45) is 5.10 Å². The molecule has 1 amide bonds. The molecule has 4 aromatic rings. The highest BCUT2D eigenvalue weighted by molar-refractivity contribution is 6.39. The molecule has 1 atom stereocenters. The highest BCUT2D eigenvalue weighted by Crippen LogP contribution is 2.57. The lowest BCUT2D eigenvalue weighted by molar-refractivity contribution is -0.121. The smallest absolute Gasteiger partial charge is 0.260 e. The van der Waals surface area contributed by atoms with Crippen molar-refractivity contribution in [3.05, 3.63) is 91.1 Å². The Morgan fingerprint density at radius 3 is 2.45 bits per heavy atom. The number of aryl methyl sites for hydroxylation is 1. The molecule has 2 heterocycles. The van der Waals surface area contributed by atoms with Gasteiger partial charge >= 0.3 is 0 Å². The van der Waals surface area contributed by atoms with E-state index >= 15 is 0 Å². The number of hydrazone groups is 1. The van der Waals surface area contributed by atoms with E-state index in [0.29, 0.717) is 5.56 Å². The third-order valence-corrected chi connectivity index (χ3v) is 8.94. The maximum atomic E-state index is 14.1. The molecular weight excluding hydrogens is 638 g/mol. The van der Waals surface area contributed by atoms with Gasteiger partial charge in [0.2, 0.25) is 5.78 Å². The van der Waals surface area contributed by atoms with Crippen LogP contribution in [0.1, 0.15) is 64.7 Å². The van der Waals surface area contributed by atoms with E-state index in [-0.39, 0.29) is 46.6 Å². The SMILES string of the molecule is COC1=CC(=O)c2c(O)c3c(c(O)c2C1=O)C(=O)[C@]1(CCc2cc4cc(C=NNC(=O)Cn5cncc5Cl)[nH]c(=O)c4c(O)c21)C3=O. The Kier molecular flexibility index (Phi) is 6.44. The number of aromatic hydroxyl groups is 3. The number of nitrogens with zero attached hydrogens (tertiary/aromatic N) is 3. The fourth-order valence-corrected chi connectivity index (χ4v) is 6.77. The van der Waals surface area contributed by atoms with Gasteiger partial charge < -0.3 is 29.6 Å². The minimum atomic E-state index is -2.16. The standard InChI is InChI=1S/C31H20ClN5O10/c1-47-15-6-14(38)19-20(24(15)40)26(42)22-21(25(19)41)28(44)31(29(22)45)3-2-11-4-12-5-13(35-30(46)18(12)27(43)23(11)31)7-34-36-17(39)9-37-10-33-8-16(37)32/h4-8,10,41-43H,2-3,9H2,1H3,(H,35,46)(H,36,39)/t31-/m0/s1. The number of nitrogens with one attached hydrogen (secondary N) is 2. The van der Waals surface area contributed by atoms with Crippen LogP contribution < -0.4 is 11.0 Å². The Morgan fingerprint density at radius 2 is 1.79 bits per heavy atom. The van der Waals surface area contributed by atoms with E-state index in [1.54, 1.807) is 0 Å². The first-order chi connectivity index (χ1) is 22.4. The van der Waals surface area contributed by atoms with Crippen LogP contribution in [0.5, 0.6) is 17.2 Å². The molecule has 236 valence electrons. The summed E-state index contributed by atoms with van der Waals surface area (Å²) in [6.45, 7) is -0.163. The molecule has 3 aliphatic rings. The average molecular weight is 658 g/mol. The number of hydrogen-bond donors (Lipinski definition) is 5. The number of pyridine rings is 1. The number of allylic oxidation sites excluding steroid dienone is 2. The number of Topliss-reactive ketones (excluding diaryl/α,β-unsaturated/α-hetero) is 3. The minimum absolute atomic E-state index is 0.0713. The summed E-state index contributed by atoms with van der Waals surface area (Å²) in [7, 11) is 1.12. The summed E-state index contributed by atoms with van der Waals surface area (Å²) in [6.07, 6.45) is 4.56. The van der Waals surface area contributed by atoms with E-state index < -0.39 is 85.3 Å². The second kappa shape index (κ2) is 10.2. The maximum Gasteiger partial charge on any atom is 0.260 e. The molecule has 2 aromatic heterocycles. The van der Waals surface area contributed by atoms with E-state index in [2.05, 4.69) is 20.5 Å². The van der Waals surface area contributed by atoms with Crippen LogP contribution in [0.2, 0.25) is 5.15 Å². The number of rotatable bonds is 5. The molecule has 0 unspecified atom stereocenters. The number of benzene rings is 2. The number of carbonyl (C=O) groups is 5. The summed E-state index contributed by atoms with van der Waals surface area (Å²) in [6, 6.07) is 2.97. The molecule has 2 aromatic carbocycles. The zero-order valence-electron chi connectivity index (χ0n) is 24.0. The molecule has 7 rings (SSSR count). The van der Waals surface area contributed by atoms with E-state index in [4.69, 9.17) is 16.3 Å². The Bertz CT molecular complexity index is 2320. The predicted octanol–water partition coefficient (Wildman–Crippen LogP) is 1.82. The number of phenols is 3. The zero-order chi connectivity index (χ0) is 33.5. The zero-order valence-corrected chi connectivity index (χ0v) is 24.8. The molecule has 0 aliphatic heterocycles. The van der Waals surface area contributed by atoms with Gasteiger partial charge in [0.15, 0.2) is 23.1 Å². The Labute approximate surface area is 266 Å². The normalized spacial score (nSPS) is 18.2. The lowest BCUT2D eigenvalue weighted by Gasteiger charge is -2.22. The van der Waals surface area contributed by atoms with E-state index in [1.165, 1.54) is 35.4 Å². The van der Waals surface area contributed by atoms with Crippen LogP contribution >= 0.6 is 11.6 Å². The van der Waals surface area contributed by atoms with Gasteiger partial charge in [-0.1, -0.05) is 17.7 Å². The number of imidazole rings is 1. The van der Waals surface area contributed by atoms with Crippen molar-refractivity contribution in [1.82, 2.24) is 20.0 Å². The van der Waals surface area contributed by atoms with E-state index in [1.807, 2.05) is 0 Å². The van der Waals surface area contributed by atoms with Crippen molar-refractivity contribution in [1.29, 1.82) is 0 Å². The molecule has 16 heteroatoms. The van der Waals surface area contributed by atoms with Crippen molar-refractivity contribution in [2.45, 2.75) is 24.8 Å². The quantitative estimate of drug-likeness (QED) is 0.0899. The lowest BCUT2D eigenvalue weighted by Crippen LogP contribution is -2.36. The molecule has 0 saturated carbocycles. The molecule has 0 saturated heterocycles. The number of halogens is 1. The van der Waals surface area contributed by atoms with Gasteiger partial charge in [-0.2, -0.15) is 5.10 Å². The molecule has 5 N–H and O–H groups in total. The monoisotopic (exact) mass is 657 g/mol. The summed E-state index contributed by atoms with van der Waals surface area (Å²) < 4.78 is 6.29. The highest BCUT2D eigenvalue weighted by Gasteiger charge is 2.61. The van der Waals surface area contributed by atoms with Crippen LogP contribution in [0.25, 0.3) is 10.8 Å². The van der Waals surface area contributed by atoms with Gasteiger partial charge in [0.05, 0.1) is 59.2 Å². The fourth-order valence-electron chi connectivity index (χ4n) is 6.61. The summed E-state index contributed by atoms with van der Waals surface area (Å²) in [4.78, 5) is 85.7. The number of aromatic nitrogens is 3. The predicted molar refractivity (Wildman–Crippen MR) is 161 cm³/mol. The van der Waals surface area contributed by atoms with Crippen LogP contribution in [-0.2, 0) is 27.9 Å². The highest BCUT2D eigenvalue weighted by atomic mass is 35.5. The topological polar surface area (TPSA) is 230 Å². The molecule has 1 spiro atoms. The molecule has 15 nitrogen and oxygen atoms in total. The summed E-state index contributed by atoms with van der Waals surface area (Å²) in [5, 5.41) is 37.8. The van der Waals surface area contributed by atoms with Gasteiger partial charge in [-0.05, 0) is 29.9 Å². The first-order valence-electron chi connectivity index (χ1n) is 13.9. The largest absolute Gasteiger partial charge is 0.507 e. The van der Waals surface area contributed by atoms with Crippen LogP contribution in [0.15, 0.2) is 46.4 Å². The Hall–Kier alpha value is -6.09. The van der Waals surface area contributed by atoms with Gasteiger partial charge in [0, 0.05) is 11.6 Å². The summed E-state index contributed by atoms with van der Waals surface area (Å²) in [5.41, 5.74) is -3.05. The van der Waals surface area contributed by atoms with Gasteiger partial charge in [-0.3, -0.25) is 28.8 Å². The fraction of sp³-hybridized carbons (Fsp3) is 0.161. The van der Waals surface area contributed by atoms with Crippen molar-refractivity contribution < 1.29 is 44.0 Å². The van der Waals surface area contributed by atoms with E-state index in [9.17, 15) is 44.1 Å². The average Bonchev–Trinajstić information content (AvgIpc) is 3.68. The van der Waals surface area contributed by atoms with Crippen LogP contribution in [0, 0.1) is 0 Å². The van der Waals surface area contributed by atoms with Gasteiger partial charge in [0.25, 0.3) is 11.5 Å². The van der Waals surface area contributed by atoms with E-state index in [0.717, 1.165) is 13.2 Å². The first-order valence-corrected chi connectivity index (χ1v) is 14.2. The number of fused-ring (bicyclic) bond motifs is 5. The number of H-pyrrole nitrogens is 1. The second-order valence-electron chi connectivity index (χ2n) is 11.1. The number of carbonyl (C=O) groups excluding carboxylic acids is 5. The maximum absolute atomic E-state index is 14.1. The number of hydrogen-bond acceptors (Lipinski definition) is 12. The van der Waals surface area contributed by atoms with Crippen LogP contribution in [-0.4, -0.2) is 72.2 Å². The lowest BCUT2D eigenvalue weighted by atomic mass is 9.76. The molecule has 47 heavy (non-hydrogen) atoms. The molecular formula is C31H20ClN5O10. The summed E-state index contributed by atoms with van der Waals surface area (Å²) in [5.74, 6) is -7.49. The molecule has 3 aliphatic carbocycles. The number of ketones is 4. The molecule has 0 radical (unpaired) electrons. The Balaban J connectivity index is 1.28. The minimum Gasteiger partial charge on any atom is -0.507 e. The van der Waals surface area contributed by atoms with Crippen molar-refractivity contribution in [2.75, 3.05) is 7.11 Å². The second-order valence-corrected chi connectivity index (χ2v) is 11.5. The third kappa shape index (κ3) is 3.99. The molecule has 0 bridgehead atoms. The van der Waals surface area contributed by atoms with Crippen molar-refractivity contribution in [3.8, 4) is 17.2 Å². The van der Waals surface area contributed by atoms with Gasteiger partial charge in [0.1, 0.15) is 34.4 Å². The Morgan fingerprint density at radius 1 is 1.09 bits per heavy atom. The number of methoxy groups -OCH3 is 1. The number of amides is 1. The van der Waals surface area contributed by atoms with Gasteiger partial charge in [-0.15, -0.1) is 0 Å². The number of ether oxygens (including phenoxy) is 1.